The maximum atomic E-state index is 11.8. The van der Waals surface area contributed by atoms with Crippen LogP contribution in [0.1, 0.15) is 43.0 Å². The molecule has 1 aliphatic carbocycles. The lowest BCUT2D eigenvalue weighted by atomic mass is 10.2. The van der Waals surface area contributed by atoms with Gasteiger partial charge in [-0.05, 0) is 56.4 Å². The Morgan fingerprint density at radius 3 is 2.57 bits per heavy atom. The van der Waals surface area contributed by atoms with Crippen molar-refractivity contribution in [1.82, 2.24) is 10.6 Å². The third kappa shape index (κ3) is 5.38. The Morgan fingerprint density at radius 2 is 1.95 bits per heavy atom. The second-order valence-corrected chi connectivity index (χ2v) is 6.00. The van der Waals surface area contributed by atoms with Gasteiger partial charge in [0, 0.05) is 29.6 Å². The second-order valence-electron chi connectivity index (χ2n) is 5.56. The monoisotopic (exact) mass is 308 g/mol. The van der Waals surface area contributed by atoms with Crippen molar-refractivity contribution in [1.29, 1.82) is 0 Å². The number of halogens is 1. The first-order chi connectivity index (χ1) is 10.1. The number of rotatable bonds is 7. The lowest BCUT2D eigenvalue weighted by molar-refractivity contribution is -0.121. The van der Waals surface area contributed by atoms with Crippen LogP contribution >= 0.6 is 11.6 Å². The van der Waals surface area contributed by atoms with Crippen molar-refractivity contribution in [3.8, 4) is 0 Å². The minimum absolute atomic E-state index is 0.0649. The van der Waals surface area contributed by atoms with E-state index in [0.29, 0.717) is 35.9 Å². The zero-order valence-corrected chi connectivity index (χ0v) is 13.0. The highest BCUT2D eigenvalue weighted by molar-refractivity contribution is 6.30. The van der Waals surface area contributed by atoms with Gasteiger partial charge in [0.1, 0.15) is 0 Å². The van der Waals surface area contributed by atoms with Crippen LogP contribution in [0.2, 0.25) is 5.02 Å². The van der Waals surface area contributed by atoms with Gasteiger partial charge in [0.2, 0.25) is 5.91 Å². The van der Waals surface area contributed by atoms with Crippen LogP contribution < -0.4 is 10.6 Å². The first-order valence-corrected chi connectivity index (χ1v) is 7.77. The highest BCUT2D eigenvalue weighted by Crippen LogP contribution is 2.32. The maximum absolute atomic E-state index is 11.8. The first kappa shape index (κ1) is 15.8. The van der Waals surface area contributed by atoms with Crippen molar-refractivity contribution in [3.05, 3.63) is 34.9 Å². The summed E-state index contributed by atoms with van der Waals surface area (Å²) in [5.41, 5.74) is 0.575. The van der Waals surface area contributed by atoms with Gasteiger partial charge in [0.05, 0.1) is 0 Å². The molecule has 0 saturated heterocycles. The number of hydrogen-bond donors (Lipinski definition) is 2. The van der Waals surface area contributed by atoms with E-state index >= 15 is 0 Å². The van der Waals surface area contributed by atoms with Gasteiger partial charge in [-0.3, -0.25) is 9.59 Å². The summed E-state index contributed by atoms with van der Waals surface area (Å²) < 4.78 is 0. The topological polar surface area (TPSA) is 58.2 Å². The molecular weight excluding hydrogens is 288 g/mol. The molecule has 2 amide bonds. The number of amides is 2. The third-order valence-corrected chi connectivity index (χ3v) is 3.94. The zero-order chi connectivity index (χ0) is 15.2. The fourth-order valence-electron chi connectivity index (χ4n) is 2.19. The van der Waals surface area contributed by atoms with E-state index in [1.807, 2.05) is 0 Å². The molecule has 0 bridgehead atoms. The lowest BCUT2D eigenvalue weighted by Gasteiger charge is -2.12. The molecule has 1 fully saturated rings. The van der Waals surface area contributed by atoms with Gasteiger partial charge in [-0.25, -0.2) is 0 Å². The average molecular weight is 309 g/mol. The minimum atomic E-state index is -0.140. The zero-order valence-electron chi connectivity index (χ0n) is 12.2. The summed E-state index contributed by atoms with van der Waals surface area (Å²) in [6, 6.07) is 7.01. The quantitative estimate of drug-likeness (QED) is 0.761. The minimum Gasteiger partial charge on any atom is -0.353 e. The standard InChI is InChI=1S/C16H21ClN2O2/c1-11(12-4-5-12)19-15(20)3-2-10-18-16(21)13-6-8-14(17)9-7-13/h6-9,11-12H,2-5,10H2,1H3,(H,18,21)(H,19,20)/t11-/m1/s1. The molecule has 1 aliphatic rings. The molecule has 0 spiro atoms. The van der Waals surface area contributed by atoms with Crippen molar-refractivity contribution < 1.29 is 9.59 Å². The summed E-state index contributed by atoms with van der Waals surface area (Å²) in [5, 5.41) is 6.41. The molecule has 114 valence electrons. The Hall–Kier alpha value is -1.55. The average Bonchev–Trinajstić information content (AvgIpc) is 3.28. The summed E-state index contributed by atoms with van der Waals surface area (Å²) in [5.74, 6) is 0.590. The van der Waals surface area contributed by atoms with Crippen molar-refractivity contribution in [2.75, 3.05) is 6.54 Å². The summed E-state index contributed by atoms with van der Waals surface area (Å²) in [7, 11) is 0. The van der Waals surface area contributed by atoms with Crippen LogP contribution in [-0.4, -0.2) is 24.4 Å². The molecule has 0 unspecified atom stereocenters. The number of carbonyl (C=O) groups is 2. The predicted molar refractivity (Wildman–Crippen MR) is 83.3 cm³/mol. The highest BCUT2D eigenvalue weighted by Gasteiger charge is 2.28. The Labute approximate surface area is 130 Å². The second kappa shape index (κ2) is 7.46. The molecule has 0 heterocycles. The predicted octanol–water partition coefficient (Wildman–Crippen LogP) is 2.76. The van der Waals surface area contributed by atoms with Crippen LogP contribution in [0.5, 0.6) is 0 Å². The molecule has 21 heavy (non-hydrogen) atoms. The Morgan fingerprint density at radius 1 is 1.29 bits per heavy atom. The fraction of sp³-hybridized carbons (Fsp3) is 0.500. The number of benzene rings is 1. The lowest BCUT2D eigenvalue weighted by Crippen LogP contribution is -2.34. The van der Waals surface area contributed by atoms with Crippen LogP contribution in [0, 0.1) is 5.92 Å². The van der Waals surface area contributed by atoms with E-state index in [2.05, 4.69) is 17.6 Å². The van der Waals surface area contributed by atoms with E-state index in [1.165, 1.54) is 12.8 Å². The largest absolute Gasteiger partial charge is 0.353 e. The van der Waals surface area contributed by atoms with Gasteiger partial charge in [0.15, 0.2) is 0 Å². The molecule has 1 saturated carbocycles. The molecule has 2 rings (SSSR count). The number of carbonyl (C=O) groups excluding carboxylic acids is 2. The number of hydrogen-bond acceptors (Lipinski definition) is 2. The van der Waals surface area contributed by atoms with Crippen LogP contribution in [-0.2, 0) is 4.79 Å². The van der Waals surface area contributed by atoms with Gasteiger partial charge in [-0.2, -0.15) is 0 Å². The molecular formula is C16H21ClN2O2. The SMILES string of the molecule is C[C@@H](NC(=O)CCCNC(=O)c1ccc(Cl)cc1)C1CC1. The molecule has 1 aromatic carbocycles. The van der Waals surface area contributed by atoms with Gasteiger partial charge >= 0.3 is 0 Å². The van der Waals surface area contributed by atoms with Crippen molar-refractivity contribution in [3.63, 3.8) is 0 Å². The normalized spacial score (nSPS) is 15.3. The molecule has 0 radical (unpaired) electrons. The summed E-state index contributed by atoms with van der Waals surface area (Å²) in [6.07, 6.45) is 3.53. The Bertz CT molecular complexity index is 498. The van der Waals surface area contributed by atoms with E-state index in [9.17, 15) is 9.59 Å². The van der Waals surface area contributed by atoms with Gasteiger partial charge in [0.25, 0.3) is 5.91 Å². The molecule has 0 aromatic heterocycles. The molecule has 1 atom stereocenters. The molecule has 0 aliphatic heterocycles. The van der Waals surface area contributed by atoms with Gasteiger partial charge < -0.3 is 10.6 Å². The van der Waals surface area contributed by atoms with E-state index in [-0.39, 0.29) is 17.9 Å². The third-order valence-electron chi connectivity index (χ3n) is 3.69. The molecule has 1 aromatic rings. The maximum Gasteiger partial charge on any atom is 0.251 e. The van der Waals surface area contributed by atoms with Gasteiger partial charge in [-0.1, -0.05) is 11.6 Å². The van der Waals surface area contributed by atoms with E-state index < -0.39 is 0 Å². The van der Waals surface area contributed by atoms with Crippen LogP contribution in [0.15, 0.2) is 24.3 Å². The van der Waals surface area contributed by atoms with Gasteiger partial charge in [-0.15, -0.1) is 0 Å². The molecule has 4 nitrogen and oxygen atoms in total. The highest BCUT2D eigenvalue weighted by atomic mass is 35.5. The van der Waals surface area contributed by atoms with Crippen molar-refractivity contribution in [2.24, 2.45) is 5.92 Å². The van der Waals surface area contributed by atoms with Crippen molar-refractivity contribution in [2.45, 2.75) is 38.6 Å². The Balaban J connectivity index is 1.61. The van der Waals surface area contributed by atoms with Crippen molar-refractivity contribution >= 4 is 23.4 Å². The molecule has 2 N–H and O–H groups in total. The van der Waals surface area contributed by atoms with E-state index in [0.717, 1.165) is 0 Å². The van der Waals surface area contributed by atoms with Crippen LogP contribution in [0.4, 0.5) is 0 Å². The number of nitrogens with one attached hydrogen (secondary N) is 2. The summed E-state index contributed by atoms with van der Waals surface area (Å²) in [6.45, 7) is 2.55. The van der Waals surface area contributed by atoms with E-state index in [1.54, 1.807) is 24.3 Å². The van der Waals surface area contributed by atoms with Crippen LogP contribution in [0.25, 0.3) is 0 Å². The fourth-order valence-corrected chi connectivity index (χ4v) is 2.32. The first-order valence-electron chi connectivity index (χ1n) is 7.39. The van der Waals surface area contributed by atoms with E-state index in [4.69, 9.17) is 11.6 Å². The molecule has 5 heteroatoms. The summed E-state index contributed by atoms with van der Waals surface area (Å²) >= 11 is 5.77. The smallest absolute Gasteiger partial charge is 0.251 e. The summed E-state index contributed by atoms with van der Waals surface area (Å²) in [4.78, 5) is 23.5. The van der Waals surface area contributed by atoms with Crippen LogP contribution in [0.3, 0.4) is 0 Å². The Kier molecular flexibility index (Phi) is 5.62.